The van der Waals surface area contributed by atoms with E-state index in [2.05, 4.69) is 39.8 Å². The molecule has 2 atom stereocenters. The average Bonchev–Trinajstić information content (AvgIpc) is 3.69. The molecule has 0 aliphatic carbocycles. The molecule has 206 valence electrons. The molecule has 6 rings (SSSR count). The molecule has 2 aliphatic rings. The Morgan fingerprint density at radius 2 is 1.95 bits per heavy atom. The van der Waals surface area contributed by atoms with Gasteiger partial charge in [0.1, 0.15) is 5.82 Å². The van der Waals surface area contributed by atoms with Gasteiger partial charge in [-0.1, -0.05) is 24.3 Å². The number of hydrogen-bond donors (Lipinski definition) is 0. The molecule has 5 heterocycles. The number of anilines is 1. The van der Waals surface area contributed by atoms with Crippen molar-refractivity contribution in [3.63, 3.8) is 0 Å². The van der Waals surface area contributed by atoms with Crippen molar-refractivity contribution in [3.05, 3.63) is 66.4 Å². The van der Waals surface area contributed by atoms with Crippen LogP contribution in [0, 0.1) is 12.5 Å². The minimum atomic E-state index is 0.257. The van der Waals surface area contributed by atoms with E-state index in [4.69, 9.17) is 26.0 Å². The van der Waals surface area contributed by atoms with Crippen molar-refractivity contribution in [1.29, 1.82) is 0 Å². The van der Waals surface area contributed by atoms with E-state index in [1.807, 2.05) is 47.1 Å². The van der Waals surface area contributed by atoms with Crippen LogP contribution in [-0.2, 0) is 4.74 Å². The number of likely N-dealkylation sites (N-methyl/N-ethyl adjacent to an activating group) is 1. The Morgan fingerprint density at radius 3 is 2.67 bits per heavy atom. The van der Waals surface area contributed by atoms with Gasteiger partial charge in [-0.3, -0.25) is 4.40 Å². The van der Waals surface area contributed by atoms with E-state index in [0.717, 1.165) is 73.8 Å². The molecule has 0 radical (unpaired) electrons. The molecule has 0 amide bonds. The number of fused-ring (bicyclic) bond motifs is 1. The Morgan fingerprint density at radius 1 is 1.10 bits per heavy atom. The van der Waals surface area contributed by atoms with Crippen LogP contribution in [-0.4, -0.2) is 77.3 Å². The highest BCUT2D eigenvalue weighted by Gasteiger charge is 2.23. The fourth-order valence-electron chi connectivity index (χ4n) is 5.77. The van der Waals surface area contributed by atoms with Gasteiger partial charge in [0.05, 0.1) is 30.7 Å². The summed E-state index contributed by atoms with van der Waals surface area (Å²) >= 11 is 0. The third kappa shape index (κ3) is 5.51. The van der Waals surface area contributed by atoms with Crippen molar-refractivity contribution < 1.29 is 9.47 Å². The minimum absolute atomic E-state index is 0.257. The van der Waals surface area contributed by atoms with E-state index in [9.17, 15) is 0 Å². The van der Waals surface area contributed by atoms with Crippen molar-refractivity contribution in [2.75, 3.05) is 51.8 Å². The van der Waals surface area contributed by atoms with Gasteiger partial charge in [0.25, 0.3) is 5.88 Å². The van der Waals surface area contributed by atoms with Crippen LogP contribution < -0.4 is 9.64 Å². The molecule has 2 aliphatic heterocycles. The molecule has 2 fully saturated rings. The first-order valence-corrected chi connectivity index (χ1v) is 14.0. The van der Waals surface area contributed by atoms with Crippen LogP contribution in [0.25, 0.3) is 33.0 Å². The second-order valence-corrected chi connectivity index (χ2v) is 10.9. The number of nitrogens with zero attached hydrogens (tertiary/aromatic N) is 7. The average molecular weight is 538 g/mol. The molecule has 0 bridgehead atoms. The second-order valence-electron chi connectivity index (χ2n) is 10.9. The third-order valence-electron chi connectivity index (χ3n) is 7.87. The Hall–Kier alpha value is -4.00. The predicted octanol–water partition coefficient (Wildman–Crippen LogP) is 5.34. The summed E-state index contributed by atoms with van der Waals surface area (Å²) in [6.45, 7) is 11.8. The quantitative estimate of drug-likeness (QED) is 0.281. The van der Waals surface area contributed by atoms with Gasteiger partial charge in [-0.15, -0.1) is 0 Å². The lowest BCUT2D eigenvalue weighted by molar-refractivity contribution is 0.116. The van der Waals surface area contributed by atoms with Crippen molar-refractivity contribution in [2.24, 2.45) is 5.92 Å². The van der Waals surface area contributed by atoms with E-state index >= 15 is 0 Å². The van der Waals surface area contributed by atoms with Crippen LogP contribution in [0.5, 0.6) is 5.88 Å². The Bertz CT molecular complexity index is 1490. The number of aromatic nitrogens is 4. The highest BCUT2D eigenvalue weighted by molar-refractivity contribution is 5.82. The number of hydrogen-bond acceptors (Lipinski definition) is 7. The SMILES string of the molecule is [C-]#[N+]c1ccc(-c2nc(OC[C@@H]3CCCN(C)C3)c3nccn3c2-c2ccc(N(C)CC3CCCO3)nc2)cc1. The van der Waals surface area contributed by atoms with E-state index in [0.29, 0.717) is 29.7 Å². The molecule has 0 saturated carbocycles. The topological polar surface area (TPSA) is 72.4 Å². The van der Waals surface area contributed by atoms with Gasteiger partial charge >= 0.3 is 0 Å². The summed E-state index contributed by atoms with van der Waals surface area (Å²) in [5.74, 6) is 1.88. The molecule has 40 heavy (non-hydrogen) atoms. The van der Waals surface area contributed by atoms with Crippen LogP contribution in [0.4, 0.5) is 11.5 Å². The fourth-order valence-corrected chi connectivity index (χ4v) is 5.77. The molecule has 3 aromatic heterocycles. The van der Waals surface area contributed by atoms with Crippen LogP contribution in [0.3, 0.4) is 0 Å². The number of piperidine rings is 1. The van der Waals surface area contributed by atoms with E-state index in [1.54, 1.807) is 6.20 Å². The lowest BCUT2D eigenvalue weighted by Crippen LogP contribution is -2.34. The first-order chi connectivity index (χ1) is 19.6. The van der Waals surface area contributed by atoms with Gasteiger partial charge in [0.2, 0.25) is 5.65 Å². The number of imidazole rings is 1. The van der Waals surface area contributed by atoms with Gasteiger partial charge < -0.3 is 19.3 Å². The maximum atomic E-state index is 7.36. The molecule has 0 N–H and O–H groups in total. The predicted molar refractivity (Wildman–Crippen MR) is 156 cm³/mol. The molecule has 9 nitrogen and oxygen atoms in total. The van der Waals surface area contributed by atoms with Crippen molar-refractivity contribution in [2.45, 2.75) is 31.8 Å². The number of pyridine rings is 1. The first-order valence-electron chi connectivity index (χ1n) is 14.0. The van der Waals surface area contributed by atoms with Crippen LogP contribution in [0.2, 0.25) is 0 Å². The summed E-state index contributed by atoms with van der Waals surface area (Å²) in [6.07, 6.45) is 10.4. The van der Waals surface area contributed by atoms with Gasteiger partial charge in [0.15, 0.2) is 5.69 Å². The summed E-state index contributed by atoms with van der Waals surface area (Å²) in [4.78, 5) is 22.6. The number of benzene rings is 1. The maximum Gasteiger partial charge on any atom is 0.259 e. The largest absolute Gasteiger partial charge is 0.475 e. The molecule has 1 unspecified atom stereocenters. The minimum Gasteiger partial charge on any atom is -0.475 e. The smallest absolute Gasteiger partial charge is 0.259 e. The summed E-state index contributed by atoms with van der Waals surface area (Å²) < 4.78 is 14.2. The number of rotatable bonds is 8. The molecule has 9 heteroatoms. The zero-order valence-corrected chi connectivity index (χ0v) is 23.2. The van der Waals surface area contributed by atoms with Gasteiger partial charge in [-0.25, -0.2) is 19.8 Å². The molecular weight excluding hydrogens is 502 g/mol. The summed E-state index contributed by atoms with van der Waals surface area (Å²) in [7, 11) is 4.22. The van der Waals surface area contributed by atoms with Crippen molar-refractivity contribution >= 4 is 17.2 Å². The maximum absolute atomic E-state index is 7.36. The monoisotopic (exact) mass is 537 g/mol. The van der Waals surface area contributed by atoms with Gasteiger partial charge in [0, 0.05) is 56.8 Å². The Balaban J connectivity index is 1.37. The molecule has 2 saturated heterocycles. The zero-order chi connectivity index (χ0) is 27.5. The Labute approximate surface area is 235 Å². The Kier molecular flexibility index (Phi) is 7.62. The van der Waals surface area contributed by atoms with Crippen molar-refractivity contribution in [1.82, 2.24) is 24.3 Å². The first kappa shape index (κ1) is 26.2. The van der Waals surface area contributed by atoms with E-state index in [1.165, 1.54) is 6.42 Å². The molecule has 1 aromatic carbocycles. The zero-order valence-electron chi connectivity index (χ0n) is 23.2. The molecule has 4 aromatic rings. The van der Waals surface area contributed by atoms with Crippen LogP contribution in [0.1, 0.15) is 25.7 Å². The lowest BCUT2D eigenvalue weighted by Gasteiger charge is -2.29. The normalized spacial score (nSPS) is 19.5. The number of ether oxygens (including phenoxy) is 2. The number of likely N-dealkylation sites (tertiary alicyclic amines) is 1. The molecular formula is C31H35N7O2. The van der Waals surface area contributed by atoms with Crippen molar-refractivity contribution in [3.8, 4) is 28.4 Å². The second kappa shape index (κ2) is 11.6. The molecule has 0 spiro atoms. The van der Waals surface area contributed by atoms with Crippen LogP contribution >= 0.6 is 0 Å². The van der Waals surface area contributed by atoms with E-state index in [-0.39, 0.29) is 6.10 Å². The summed E-state index contributed by atoms with van der Waals surface area (Å²) in [5.41, 5.74) is 4.75. The van der Waals surface area contributed by atoms with Gasteiger partial charge in [-0.2, -0.15) is 0 Å². The fraction of sp³-hybridized carbons (Fsp3) is 0.419. The third-order valence-corrected chi connectivity index (χ3v) is 7.87. The highest BCUT2D eigenvalue weighted by Crippen LogP contribution is 2.36. The van der Waals surface area contributed by atoms with E-state index < -0.39 is 0 Å². The highest BCUT2D eigenvalue weighted by atomic mass is 16.5. The van der Waals surface area contributed by atoms with Gasteiger partial charge in [-0.05, 0) is 57.0 Å². The lowest BCUT2D eigenvalue weighted by atomic mass is 10.00. The summed E-state index contributed by atoms with van der Waals surface area (Å²) in [5, 5.41) is 0. The van der Waals surface area contributed by atoms with Crippen LogP contribution in [0.15, 0.2) is 55.0 Å². The summed E-state index contributed by atoms with van der Waals surface area (Å²) in [6, 6.07) is 11.7. The standard InChI is InChI=1S/C31H35N7O2/c1-32-25-11-8-23(9-12-25)28-29(24-10-13-27(34-18-24)37(3)20-26-7-5-17-39-26)38-16-14-33-30(38)31(35-28)40-21-22-6-4-15-36(2)19-22/h8-14,16,18,22,26H,4-7,15,17,19-21H2,2-3H3/t22-,26?/m1/s1.